The number of hydrogen-bond donors (Lipinski definition) is 1. The summed E-state index contributed by atoms with van der Waals surface area (Å²) in [7, 11) is 0. The second-order valence-corrected chi connectivity index (χ2v) is 7.12. The normalized spacial score (nSPS) is 21.1. The molecular formula is C17H20N2S. The number of hydrogen-bond acceptors (Lipinski definition) is 3. The molecule has 0 aliphatic heterocycles. The minimum Gasteiger partial charge on any atom is -0.309 e. The molecule has 1 fully saturated rings. The molecule has 1 aromatic heterocycles. The minimum atomic E-state index is 0.532. The van der Waals surface area contributed by atoms with Crippen LogP contribution >= 0.6 is 11.3 Å². The smallest absolute Gasteiger partial charge is 0.101 e. The first-order valence-electron chi connectivity index (χ1n) is 7.58. The molecule has 1 heterocycles. The third-order valence-corrected chi connectivity index (χ3v) is 5.74. The van der Waals surface area contributed by atoms with E-state index in [-0.39, 0.29) is 0 Å². The molecule has 1 N–H and O–H groups in total. The van der Waals surface area contributed by atoms with E-state index >= 15 is 0 Å². The topological polar surface area (TPSA) is 24.9 Å². The number of nitrogens with one attached hydrogen (secondary N) is 1. The maximum atomic E-state index is 4.87. The molecule has 0 radical (unpaired) electrons. The van der Waals surface area contributed by atoms with E-state index in [0.717, 1.165) is 12.6 Å². The van der Waals surface area contributed by atoms with Gasteiger partial charge in [0, 0.05) is 23.4 Å². The quantitative estimate of drug-likeness (QED) is 0.924. The summed E-state index contributed by atoms with van der Waals surface area (Å²) in [5.74, 6) is 0.532. The van der Waals surface area contributed by atoms with Gasteiger partial charge in [0.2, 0.25) is 0 Å². The SMILES string of the molecule is Cc1nc(C2CCc3ccccc32)sc1CNC1CC1. The number of thiazole rings is 1. The maximum absolute atomic E-state index is 4.87. The average Bonchev–Trinajstić information content (AvgIpc) is 3.08. The van der Waals surface area contributed by atoms with Crippen LogP contribution in [0.2, 0.25) is 0 Å². The Hall–Kier alpha value is -1.19. The number of rotatable bonds is 4. The van der Waals surface area contributed by atoms with Crippen molar-refractivity contribution in [3.8, 4) is 0 Å². The Labute approximate surface area is 124 Å². The van der Waals surface area contributed by atoms with Crippen LogP contribution in [-0.2, 0) is 13.0 Å². The highest BCUT2D eigenvalue weighted by atomic mass is 32.1. The van der Waals surface area contributed by atoms with Gasteiger partial charge in [0.25, 0.3) is 0 Å². The zero-order chi connectivity index (χ0) is 13.5. The Morgan fingerprint density at radius 2 is 2.10 bits per heavy atom. The molecule has 1 saturated carbocycles. The van der Waals surface area contributed by atoms with Crippen LogP contribution in [-0.4, -0.2) is 11.0 Å². The van der Waals surface area contributed by atoms with Gasteiger partial charge in [-0.1, -0.05) is 24.3 Å². The summed E-state index contributed by atoms with van der Waals surface area (Å²) in [6.07, 6.45) is 5.12. The van der Waals surface area contributed by atoms with Gasteiger partial charge in [0.1, 0.15) is 5.01 Å². The monoisotopic (exact) mass is 284 g/mol. The lowest BCUT2D eigenvalue weighted by atomic mass is 10.0. The Kier molecular flexibility index (Phi) is 3.12. The van der Waals surface area contributed by atoms with Gasteiger partial charge in [-0.05, 0) is 43.7 Å². The molecule has 0 saturated heterocycles. The summed E-state index contributed by atoms with van der Waals surface area (Å²) in [6.45, 7) is 3.16. The summed E-state index contributed by atoms with van der Waals surface area (Å²) in [6, 6.07) is 9.64. The van der Waals surface area contributed by atoms with Crippen LogP contribution in [0.25, 0.3) is 0 Å². The van der Waals surface area contributed by atoms with E-state index in [1.807, 2.05) is 11.3 Å². The van der Waals surface area contributed by atoms with Crippen molar-refractivity contribution in [2.45, 2.75) is 51.1 Å². The van der Waals surface area contributed by atoms with Crippen molar-refractivity contribution in [1.29, 1.82) is 0 Å². The van der Waals surface area contributed by atoms with Crippen LogP contribution in [0.4, 0.5) is 0 Å². The number of aromatic nitrogens is 1. The summed E-state index contributed by atoms with van der Waals surface area (Å²) < 4.78 is 0. The van der Waals surface area contributed by atoms with Gasteiger partial charge in [0.15, 0.2) is 0 Å². The Morgan fingerprint density at radius 1 is 1.25 bits per heavy atom. The second kappa shape index (κ2) is 4.97. The van der Waals surface area contributed by atoms with Gasteiger partial charge in [-0.3, -0.25) is 0 Å². The highest BCUT2D eigenvalue weighted by molar-refractivity contribution is 7.11. The maximum Gasteiger partial charge on any atom is 0.101 e. The number of nitrogens with zero attached hydrogens (tertiary/aromatic N) is 1. The lowest BCUT2D eigenvalue weighted by molar-refractivity contribution is 0.691. The van der Waals surface area contributed by atoms with Crippen molar-refractivity contribution in [1.82, 2.24) is 10.3 Å². The molecule has 0 spiro atoms. The Bertz CT molecular complexity index is 628. The molecule has 1 aromatic carbocycles. The zero-order valence-electron chi connectivity index (χ0n) is 11.9. The van der Waals surface area contributed by atoms with E-state index in [4.69, 9.17) is 4.98 Å². The third kappa shape index (κ3) is 2.29. The Balaban J connectivity index is 1.58. The summed E-state index contributed by atoms with van der Waals surface area (Å²) >= 11 is 1.92. The van der Waals surface area contributed by atoms with Crippen molar-refractivity contribution in [2.24, 2.45) is 0 Å². The van der Waals surface area contributed by atoms with Crippen LogP contribution in [0.15, 0.2) is 24.3 Å². The van der Waals surface area contributed by atoms with Crippen LogP contribution < -0.4 is 5.32 Å². The van der Waals surface area contributed by atoms with Crippen LogP contribution in [0.3, 0.4) is 0 Å². The fourth-order valence-electron chi connectivity index (χ4n) is 3.10. The molecule has 2 nitrogen and oxygen atoms in total. The summed E-state index contributed by atoms with van der Waals surface area (Å²) in [4.78, 5) is 6.30. The van der Waals surface area contributed by atoms with Crippen LogP contribution in [0.1, 0.15) is 51.9 Å². The Morgan fingerprint density at radius 3 is 2.95 bits per heavy atom. The van der Waals surface area contributed by atoms with Crippen LogP contribution in [0, 0.1) is 6.92 Å². The first-order valence-corrected chi connectivity index (χ1v) is 8.40. The molecular weight excluding hydrogens is 264 g/mol. The lowest BCUT2D eigenvalue weighted by Crippen LogP contribution is -2.14. The molecule has 3 heteroatoms. The van der Waals surface area contributed by atoms with Gasteiger partial charge in [-0.15, -0.1) is 11.3 Å². The number of aryl methyl sites for hydroxylation is 2. The van der Waals surface area contributed by atoms with Gasteiger partial charge in [-0.2, -0.15) is 0 Å². The molecule has 104 valence electrons. The van der Waals surface area contributed by atoms with Gasteiger partial charge >= 0.3 is 0 Å². The third-order valence-electron chi connectivity index (χ3n) is 4.47. The first-order chi connectivity index (χ1) is 9.81. The summed E-state index contributed by atoms with van der Waals surface area (Å²) in [5, 5.41) is 4.93. The fraction of sp³-hybridized carbons (Fsp3) is 0.471. The molecule has 1 atom stereocenters. The van der Waals surface area contributed by atoms with E-state index in [1.54, 1.807) is 0 Å². The molecule has 2 aliphatic carbocycles. The molecule has 0 amide bonds. The molecule has 4 rings (SSSR count). The molecule has 0 bridgehead atoms. The lowest BCUT2D eigenvalue weighted by Gasteiger charge is -2.07. The van der Waals surface area contributed by atoms with E-state index in [2.05, 4.69) is 36.5 Å². The first kappa shape index (κ1) is 12.5. The van der Waals surface area contributed by atoms with Gasteiger partial charge in [0.05, 0.1) is 5.69 Å². The molecule has 2 aromatic rings. The average molecular weight is 284 g/mol. The molecule has 1 unspecified atom stereocenters. The van der Waals surface area contributed by atoms with Crippen LogP contribution in [0.5, 0.6) is 0 Å². The van der Waals surface area contributed by atoms with Gasteiger partial charge < -0.3 is 5.32 Å². The zero-order valence-corrected chi connectivity index (χ0v) is 12.7. The standard InChI is InChI=1S/C17H20N2S/c1-11-16(10-18-13-7-8-13)20-17(19-11)15-9-6-12-4-2-3-5-14(12)15/h2-5,13,15,18H,6-10H2,1H3. The molecule has 2 aliphatic rings. The van der Waals surface area contributed by atoms with Crippen molar-refractivity contribution >= 4 is 11.3 Å². The predicted molar refractivity (Wildman–Crippen MR) is 83.3 cm³/mol. The van der Waals surface area contributed by atoms with E-state index in [1.165, 1.54) is 52.4 Å². The predicted octanol–water partition coefficient (Wildman–Crippen LogP) is 3.78. The largest absolute Gasteiger partial charge is 0.309 e. The highest BCUT2D eigenvalue weighted by Crippen LogP contribution is 2.40. The van der Waals surface area contributed by atoms with Crippen molar-refractivity contribution < 1.29 is 0 Å². The minimum absolute atomic E-state index is 0.532. The van der Waals surface area contributed by atoms with E-state index < -0.39 is 0 Å². The van der Waals surface area contributed by atoms with Crippen molar-refractivity contribution in [3.63, 3.8) is 0 Å². The highest BCUT2D eigenvalue weighted by Gasteiger charge is 2.27. The van der Waals surface area contributed by atoms with Crippen molar-refractivity contribution in [2.75, 3.05) is 0 Å². The van der Waals surface area contributed by atoms with E-state index in [9.17, 15) is 0 Å². The fourth-order valence-corrected chi connectivity index (χ4v) is 4.27. The second-order valence-electron chi connectivity index (χ2n) is 6.01. The van der Waals surface area contributed by atoms with Gasteiger partial charge in [-0.25, -0.2) is 4.98 Å². The van der Waals surface area contributed by atoms with Crippen molar-refractivity contribution in [3.05, 3.63) is 51.0 Å². The number of fused-ring (bicyclic) bond motifs is 1. The summed E-state index contributed by atoms with van der Waals surface area (Å²) in [5.41, 5.74) is 4.24. The molecule has 20 heavy (non-hydrogen) atoms. The van der Waals surface area contributed by atoms with E-state index in [0.29, 0.717) is 5.92 Å². The number of benzene rings is 1.